The number of carbonyl (C=O) groups excluding carboxylic acids is 1. The first-order valence-electron chi connectivity index (χ1n) is 7.37. The molecule has 2 aromatic carbocycles. The fourth-order valence-corrected chi connectivity index (χ4v) is 2.29. The molecule has 0 aliphatic heterocycles. The van der Waals surface area contributed by atoms with E-state index in [1.165, 1.54) is 5.56 Å². The highest BCUT2D eigenvalue weighted by atomic mass is 35.5. The molecule has 2 aromatic rings. The molecule has 0 aromatic heterocycles. The Morgan fingerprint density at radius 1 is 1.09 bits per heavy atom. The minimum atomic E-state index is 0.0361. The first-order valence-corrected chi connectivity index (χ1v) is 7.75. The predicted molar refractivity (Wildman–Crippen MR) is 92.3 cm³/mol. The van der Waals surface area contributed by atoms with Gasteiger partial charge in [0.05, 0.1) is 0 Å². The zero-order chi connectivity index (χ0) is 15.9. The summed E-state index contributed by atoms with van der Waals surface area (Å²) in [5.74, 6) is 0.0361. The van der Waals surface area contributed by atoms with E-state index in [2.05, 4.69) is 10.6 Å². The number of carbonyl (C=O) groups is 1. The van der Waals surface area contributed by atoms with Crippen molar-refractivity contribution < 1.29 is 4.79 Å². The average Bonchev–Trinajstić information content (AvgIpc) is 2.50. The molecule has 0 aliphatic carbocycles. The molecule has 0 unspecified atom stereocenters. The van der Waals surface area contributed by atoms with Gasteiger partial charge in [-0.3, -0.25) is 4.79 Å². The van der Waals surface area contributed by atoms with Crippen LogP contribution in [0.3, 0.4) is 0 Å². The van der Waals surface area contributed by atoms with Crippen LogP contribution in [0.25, 0.3) is 0 Å². The van der Waals surface area contributed by atoms with Gasteiger partial charge in [-0.15, -0.1) is 0 Å². The third kappa shape index (κ3) is 4.78. The molecule has 0 heterocycles. The first kappa shape index (κ1) is 16.4. The molecule has 22 heavy (non-hydrogen) atoms. The average molecular weight is 317 g/mol. The summed E-state index contributed by atoms with van der Waals surface area (Å²) in [4.78, 5) is 11.9. The molecule has 116 valence electrons. The number of anilines is 1. The van der Waals surface area contributed by atoms with E-state index < -0.39 is 0 Å². The minimum Gasteiger partial charge on any atom is -0.384 e. The number of hydrogen-bond donors (Lipinski definition) is 2. The Hall–Kier alpha value is -2.00. The number of rotatable bonds is 6. The maximum absolute atomic E-state index is 11.9. The Balaban J connectivity index is 1.74. The second-order valence-electron chi connectivity index (χ2n) is 5.34. The maximum atomic E-state index is 11.9. The Kier molecular flexibility index (Phi) is 5.84. The maximum Gasteiger partial charge on any atom is 0.222 e. The smallest absolute Gasteiger partial charge is 0.222 e. The van der Waals surface area contributed by atoms with Crippen molar-refractivity contribution in [1.29, 1.82) is 0 Å². The molecule has 1 amide bonds. The fraction of sp³-hybridized carbons (Fsp3) is 0.278. The van der Waals surface area contributed by atoms with E-state index in [0.29, 0.717) is 19.5 Å². The third-order valence-corrected chi connectivity index (χ3v) is 4.00. The van der Waals surface area contributed by atoms with Crippen LogP contribution in [0.1, 0.15) is 23.1 Å². The Labute approximate surface area is 136 Å². The highest BCUT2D eigenvalue weighted by molar-refractivity contribution is 6.31. The summed E-state index contributed by atoms with van der Waals surface area (Å²) in [6.07, 6.45) is 0.428. The number of halogens is 1. The molecule has 2 N–H and O–H groups in total. The number of aryl methyl sites for hydroxylation is 2. The minimum absolute atomic E-state index is 0.0361. The molecule has 2 rings (SSSR count). The molecule has 0 aliphatic rings. The molecule has 0 spiro atoms. The topological polar surface area (TPSA) is 41.1 Å². The van der Waals surface area contributed by atoms with Crippen LogP contribution in [0.4, 0.5) is 5.69 Å². The zero-order valence-corrected chi connectivity index (χ0v) is 13.7. The second-order valence-corrected chi connectivity index (χ2v) is 5.75. The molecule has 0 saturated carbocycles. The number of benzene rings is 2. The van der Waals surface area contributed by atoms with Gasteiger partial charge in [0.2, 0.25) is 5.91 Å². The molecule has 0 fully saturated rings. The Bertz CT molecular complexity index is 655. The number of nitrogens with one attached hydrogen (secondary N) is 2. The van der Waals surface area contributed by atoms with Gasteiger partial charge in [0.1, 0.15) is 0 Å². The van der Waals surface area contributed by atoms with Crippen LogP contribution in [-0.2, 0) is 11.3 Å². The zero-order valence-electron chi connectivity index (χ0n) is 12.9. The summed E-state index contributed by atoms with van der Waals surface area (Å²) in [5, 5.41) is 6.88. The van der Waals surface area contributed by atoms with Crippen LogP contribution in [0.15, 0.2) is 42.5 Å². The van der Waals surface area contributed by atoms with Gasteiger partial charge in [0, 0.05) is 30.2 Å². The molecule has 0 radical (unpaired) electrons. The van der Waals surface area contributed by atoms with Gasteiger partial charge in [-0.1, -0.05) is 41.9 Å². The van der Waals surface area contributed by atoms with Crippen molar-refractivity contribution >= 4 is 23.2 Å². The van der Waals surface area contributed by atoms with E-state index in [1.54, 1.807) is 0 Å². The van der Waals surface area contributed by atoms with Gasteiger partial charge in [-0.2, -0.15) is 0 Å². The summed E-state index contributed by atoms with van der Waals surface area (Å²) in [6.45, 7) is 5.16. The second kappa shape index (κ2) is 7.85. The van der Waals surface area contributed by atoms with Crippen molar-refractivity contribution in [3.05, 3.63) is 64.2 Å². The molecule has 0 bridgehead atoms. The van der Waals surface area contributed by atoms with E-state index in [0.717, 1.165) is 21.8 Å². The summed E-state index contributed by atoms with van der Waals surface area (Å²) in [6, 6.07) is 13.9. The fourth-order valence-electron chi connectivity index (χ4n) is 2.11. The van der Waals surface area contributed by atoms with Crippen molar-refractivity contribution in [3.8, 4) is 0 Å². The van der Waals surface area contributed by atoms with Crippen molar-refractivity contribution in [2.45, 2.75) is 26.8 Å². The van der Waals surface area contributed by atoms with E-state index in [4.69, 9.17) is 11.6 Å². The van der Waals surface area contributed by atoms with Crippen molar-refractivity contribution in [3.63, 3.8) is 0 Å². The predicted octanol–water partition coefficient (Wildman–Crippen LogP) is 4.08. The largest absolute Gasteiger partial charge is 0.384 e. The highest BCUT2D eigenvalue weighted by Gasteiger charge is 2.03. The molecule has 3 nitrogen and oxygen atoms in total. The van der Waals surface area contributed by atoms with E-state index in [1.807, 2.05) is 56.3 Å². The van der Waals surface area contributed by atoms with Crippen LogP contribution in [-0.4, -0.2) is 12.5 Å². The van der Waals surface area contributed by atoms with Gasteiger partial charge < -0.3 is 10.6 Å². The monoisotopic (exact) mass is 316 g/mol. The lowest BCUT2D eigenvalue weighted by atomic mass is 10.1. The van der Waals surface area contributed by atoms with Crippen LogP contribution in [0.2, 0.25) is 5.02 Å². The van der Waals surface area contributed by atoms with Crippen molar-refractivity contribution in [1.82, 2.24) is 5.32 Å². The van der Waals surface area contributed by atoms with Crippen molar-refractivity contribution in [2.24, 2.45) is 0 Å². The summed E-state index contributed by atoms with van der Waals surface area (Å²) in [7, 11) is 0. The number of amides is 1. The molecule has 4 heteroatoms. The lowest BCUT2D eigenvalue weighted by Gasteiger charge is -2.10. The number of hydrogen-bond acceptors (Lipinski definition) is 2. The quantitative estimate of drug-likeness (QED) is 0.843. The van der Waals surface area contributed by atoms with E-state index in [-0.39, 0.29) is 5.91 Å². The van der Waals surface area contributed by atoms with E-state index in [9.17, 15) is 4.79 Å². The Morgan fingerprint density at radius 2 is 1.86 bits per heavy atom. The van der Waals surface area contributed by atoms with Gasteiger partial charge in [-0.05, 0) is 42.7 Å². The van der Waals surface area contributed by atoms with Crippen LogP contribution >= 0.6 is 11.6 Å². The van der Waals surface area contributed by atoms with Gasteiger partial charge in [0.15, 0.2) is 0 Å². The molecule has 0 atom stereocenters. The van der Waals surface area contributed by atoms with Gasteiger partial charge in [-0.25, -0.2) is 0 Å². The van der Waals surface area contributed by atoms with Gasteiger partial charge in [0.25, 0.3) is 0 Å². The lowest BCUT2D eigenvalue weighted by molar-refractivity contribution is -0.121. The van der Waals surface area contributed by atoms with Crippen LogP contribution in [0.5, 0.6) is 0 Å². The highest BCUT2D eigenvalue weighted by Crippen LogP contribution is 2.19. The normalized spacial score (nSPS) is 10.3. The standard InChI is InChI=1S/C18H21ClN2O/c1-13-5-3-4-6-15(13)12-21-18(22)9-10-20-16-8-7-14(2)17(19)11-16/h3-8,11,20H,9-10,12H2,1-2H3,(H,21,22). The molecular formula is C18H21ClN2O. The van der Waals surface area contributed by atoms with Crippen LogP contribution in [0, 0.1) is 13.8 Å². The SMILES string of the molecule is Cc1ccc(NCCC(=O)NCc2ccccc2C)cc1Cl. The first-order chi connectivity index (χ1) is 10.6. The summed E-state index contributed by atoms with van der Waals surface area (Å²) >= 11 is 6.07. The van der Waals surface area contributed by atoms with Crippen LogP contribution < -0.4 is 10.6 Å². The third-order valence-electron chi connectivity index (χ3n) is 3.59. The van der Waals surface area contributed by atoms with Crippen molar-refractivity contribution in [2.75, 3.05) is 11.9 Å². The Morgan fingerprint density at radius 3 is 2.59 bits per heavy atom. The van der Waals surface area contributed by atoms with E-state index >= 15 is 0 Å². The lowest BCUT2D eigenvalue weighted by Crippen LogP contribution is -2.25. The summed E-state index contributed by atoms with van der Waals surface area (Å²) in [5.41, 5.74) is 4.31. The van der Waals surface area contributed by atoms with Gasteiger partial charge >= 0.3 is 0 Å². The summed E-state index contributed by atoms with van der Waals surface area (Å²) < 4.78 is 0. The molecular weight excluding hydrogens is 296 g/mol. The molecule has 0 saturated heterocycles.